The predicted octanol–water partition coefficient (Wildman–Crippen LogP) is 2.99. The molecule has 0 bridgehead atoms. The van der Waals surface area contributed by atoms with Gasteiger partial charge in [0.2, 0.25) is 0 Å². The molecule has 0 atom stereocenters. The van der Waals surface area contributed by atoms with Crippen LogP contribution >= 0.6 is 12.4 Å². The van der Waals surface area contributed by atoms with E-state index in [0.717, 1.165) is 31.7 Å². The zero-order chi connectivity index (χ0) is 17.1. The molecular formula is C19H21ClN4O2. The van der Waals surface area contributed by atoms with Crippen molar-refractivity contribution in [2.75, 3.05) is 26.2 Å². The van der Waals surface area contributed by atoms with Crippen molar-refractivity contribution in [2.45, 2.75) is 6.42 Å². The van der Waals surface area contributed by atoms with Gasteiger partial charge in [-0.3, -0.25) is 4.79 Å². The van der Waals surface area contributed by atoms with Crippen LogP contribution in [0.4, 0.5) is 0 Å². The first-order valence-corrected chi connectivity index (χ1v) is 8.52. The molecule has 0 aliphatic carbocycles. The molecule has 2 aromatic heterocycles. The number of nitrogens with zero attached hydrogens (tertiary/aromatic N) is 3. The maximum Gasteiger partial charge on any atom is 0.272 e. The van der Waals surface area contributed by atoms with E-state index in [1.165, 1.54) is 0 Å². The molecule has 1 saturated heterocycles. The molecule has 0 spiro atoms. The maximum absolute atomic E-state index is 13.1. The quantitative estimate of drug-likeness (QED) is 0.767. The third-order valence-corrected chi connectivity index (χ3v) is 4.33. The second kappa shape index (κ2) is 8.21. The van der Waals surface area contributed by atoms with E-state index in [9.17, 15) is 4.79 Å². The van der Waals surface area contributed by atoms with Gasteiger partial charge in [-0.2, -0.15) is 5.10 Å². The topological polar surface area (TPSA) is 63.3 Å². The second-order valence-corrected chi connectivity index (χ2v) is 6.04. The number of aromatic nitrogens is 2. The summed E-state index contributed by atoms with van der Waals surface area (Å²) in [6.07, 6.45) is 2.56. The summed E-state index contributed by atoms with van der Waals surface area (Å²) in [6, 6.07) is 15.2. The minimum Gasteiger partial charge on any atom is -0.463 e. The molecule has 3 heterocycles. The van der Waals surface area contributed by atoms with E-state index in [0.29, 0.717) is 23.7 Å². The van der Waals surface area contributed by atoms with Crippen LogP contribution in [0.1, 0.15) is 16.9 Å². The molecule has 3 aromatic rings. The SMILES string of the molecule is Cl.O=C(c1cc(-c2ccco2)nn1-c1ccccc1)N1CCCNCC1. The Balaban J connectivity index is 0.00000196. The second-order valence-electron chi connectivity index (χ2n) is 6.04. The molecular weight excluding hydrogens is 352 g/mol. The number of furan rings is 1. The molecule has 1 amide bonds. The van der Waals surface area contributed by atoms with E-state index < -0.39 is 0 Å². The van der Waals surface area contributed by atoms with Crippen LogP contribution in [0.15, 0.2) is 59.2 Å². The van der Waals surface area contributed by atoms with Crippen LogP contribution in [0.25, 0.3) is 17.1 Å². The Morgan fingerprint density at radius 3 is 2.69 bits per heavy atom. The number of benzene rings is 1. The van der Waals surface area contributed by atoms with Gasteiger partial charge in [0.1, 0.15) is 11.4 Å². The summed E-state index contributed by atoms with van der Waals surface area (Å²) in [5, 5.41) is 7.95. The van der Waals surface area contributed by atoms with Crippen LogP contribution in [0.5, 0.6) is 0 Å². The van der Waals surface area contributed by atoms with Gasteiger partial charge >= 0.3 is 0 Å². The van der Waals surface area contributed by atoms with Crippen LogP contribution in [-0.4, -0.2) is 46.8 Å². The molecule has 0 radical (unpaired) electrons. The maximum atomic E-state index is 13.1. The van der Waals surface area contributed by atoms with Gasteiger partial charge in [-0.15, -0.1) is 12.4 Å². The highest BCUT2D eigenvalue weighted by molar-refractivity contribution is 5.94. The summed E-state index contributed by atoms with van der Waals surface area (Å²) in [6.45, 7) is 3.21. The number of para-hydroxylation sites is 1. The van der Waals surface area contributed by atoms with Crippen molar-refractivity contribution < 1.29 is 9.21 Å². The lowest BCUT2D eigenvalue weighted by molar-refractivity contribution is 0.0757. The standard InChI is InChI=1S/C19H20N4O2.ClH/c24-19(22-11-5-9-20-10-12-22)17-14-16(18-8-4-13-25-18)21-23(17)15-6-2-1-3-7-15;/h1-4,6-8,13-14,20H,5,9-12H2;1H. The average Bonchev–Trinajstić information content (AvgIpc) is 3.26. The van der Waals surface area contributed by atoms with E-state index in [1.54, 1.807) is 10.9 Å². The predicted molar refractivity (Wildman–Crippen MR) is 102 cm³/mol. The Labute approximate surface area is 158 Å². The van der Waals surface area contributed by atoms with Crippen molar-refractivity contribution in [3.63, 3.8) is 0 Å². The first-order valence-electron chi connectivity index (χ1n) is 8.52. The van der Waals surface area contributed by atoms with E-state index in [4.69, 9.17) is 4.42 Å². The van der Waals surface area contributed by atoms with Gasteiger partial charge in [0.15, 0.2) is 5.76 Å². The summed E-state index contributed by atoms with van der Waals surface area (Å²) in [5.41, 5.74) is 2.07. The number of amides is 1. The number of hydrogen-bond donors (Lipinski definition) is 1. The fraction of sp³-hybridized carbons (Fsp3) is 0.263. The van der Waals surface area contributed by atoms with E-state index >= 15 is 0 Å². The lowest BCUT2D eigenvalue weighted by Crippen LogP contribution is -2.35. The Kier molecular flexibility index (Phi) is 5.75. The van der Waals surface area contributed by atoms with Crippen molar-refractivity contribution in [2.24, 2.45) is 0 Å². The number of rotatable bonds is 3. The van der Waals surface area contributed by atoms with E-state index in [2.05, 4.69) is 10.4 Å². The Hall–Kier alpha value is -2.57. The van der Waals surface area contributed by atoms with E-state index in [-0.39, 0.29) is 18.3 Å². The summed E-state index contributed by atoms with van der Waals surface area (Å²) in [5.74, 6) is 0.652. The molecule has 0 unspecified atom stereocenters. The van der Waals surface area contributed by atoms with Crippen LogP contribution in [0, 0.1) is 0 Å². The van der Waals surface area contributed by atoms with Crippen LogP contribution in [0.2, 0.25) is 0 Å². The lowest BCUT2D eigenvalue weighted by atomic mass is 10.2. The highest BCUT2D eigenvalue weighted by Gasteiger charge is 2.24. The van der Waals surface area contributed by atoms with Gasteiger partial charge in [-0.05, 0) is 37.2 Å². The molecule has 7 heteroatoms. The van der Waals surface area contributed by atoms with Crippen molar-refractivity contribution in [3.8, 4) is 17.1 Å². The third-order valence-electron chi connectivity index (χ3n) is 4.33. The first-order chi connectivity index (χ1) is 12.3. The minimum atomic E-state index is -0.00198. The summed E-state index contributed by atoms with van der Waals surface area (Å²) in [4.78, 5) is 15.0. The van der Waals surface area contributed by atoms with Crippen molar-refractivity contribution in [1.29, 1.82) is 0 Å². The smallest absolute Gasteiger partial charge is 0.272 e. The molecule has 1 fully saturated rings. The Morgan fingerprint density at radius 2 is 1.92 bits per heavy atom. The van der Waals surface area contributed by atoms with Gasteiger partial charge in [0, 0.05) is 25.7 Å². The minimum absolute atomic E-state index is 0. The molecule has 0 saturated carbocycles. The number of nitrogens with one attached hydrogen (secondary N) is 1. The molecule has 4 rings (SSSR count). The molecule has 1 aromatic carbocycles. The van der Waals surface area contributed by atoms with Crippen LogP contribution in [0.3, 0.4) is 0 Å². The summed E-state index contributed by atoms with van der Waals surface area (Å²) < 4.78 is 7.17. The Bertz CT molecular complexity index is 838. The fourth-order valence-corrected chi connectivity index (χ4v) is 3.06. The third kappa shape index (κ3) is 3.66. The number of carbonyl (C=O) groups is 1. The van der Waals surface area contributed by atoms with Gasteiger partial charge in [0.25, 0.3) is 5.91 Å². The van der Waals surface area contributed by atoms with Gasteiger partial charge in [0.05, 0.1) is 12.0 Å². The number of hydrogen-bond acceptors (Lipinski definition) is 4. The normalized spacial score (nSPS) is 14.5. The largest absolute Gasteiger partial charge is 0.463 e. The molecule has 6 nitrogen and oxygen atoms in total. The van der Waals surface area contributed by atoms with Crippen LogP contribution in [-0.2, 0) is 0 Å². The molecule has 1 N–H and O–H groups in total. The molecule has 1 aliphatic heterocycles. The van der Waals surface area contributed by atoms with Crippen molar-refractivity contribution >= 4 is 18.3 Å². The Morgan fingerprint density at radius 1 is 1.08 bits per heavy atom. The van der Waals surface area contributed by atoms with Gasteiger partial charge in [-0.25, -0.2) is 4.68 Å². The average molecular weight is 373 g/mol. The van der Waals surface area contributed by atoms with E-state index in [1.807, 2.05) is 53.4 Å². The lowest BCUT2D eigenvalue weighted by Gasteiger charge is -2.20. The fourth-order valence-electron chi connectivity index (χ4n) is 3.06. The molecule has 1 aliphatic rings. The summed E-state index contributed by atoms with van der Waals surface area (Å²) >= 11 is 0. The number of halogens is 1. The van der Waals surface area contributed by atoms with Crippen LogP contribution < -0.4 is 5.32 Å². The zero-order valence-corrected chi connectivity index (χ0v) is 15.1. The highest BCUT2D eigenvalue weighted by Crippen LogP contribution is 2.23. The van der Waals surface area contributed by atoms with Crippen molar-refractivity contribution in [1.82, 2.24) is 20.0 Å². The molecule has 26 heavy (non-hydrogen) atoms. The molecule has 136 valence electrons. The monoisotopic (exact) mass is 372 g/mol. The highest BCUT2D eigenvalue weighted by atomic mass is 35.5. The van der Waals surface area contributed by atoms with Gasteiger partial charge in [-0.1, -0.05) is 18.2 Å². The summed E-state index contributed by atoms with van der Waals surface area (Å²) in [7, 11) is 0. The van der Waals surface area contributed by atoms with Gasteiger partial charge < -0.3 is 14.6 Å². The van der Waals surface area contributed by atoms with Crippen molar-refractivity contribution in [3.05, 3.63) is 60.5 Å². The zero-order valence-electron chi connectivity index (χ0n) is 14.3. The first kappa shape index (κ1) is 18.2. The number of carbonyl (C=O) groups excluding carboxylic acids is 1.